The molecule has 1 N–H and O–H groups in total. The molecule has 31 heavy (non-hydrogen) atoms. The van der Waals surface area contributed by atoms with Crippen LogP contribution in [0.25, 0.3) is 0 Å². The van der Waals surface area contributed by atoms with E-state index in [1.807, 2.05) is 0 Å². The molecule has 4 nitrogen and oxygen atoms in total. The summed E-state index contributed by atoms with van der Waals surface area (Å²) in [7, 11) is 0. The summed E-state index contributed by atoms with van der Waals surface area (Å²) in [6, 6.07) is 0. The molecular formula is C27H52O4. The Kier molecular flexibility index (Phi) is 17.9. The zero-order chi connectivity index (χ0) is 23.5. The van der Waals surface area contributed by atoms with E-state index in [9.17, 15) is 9.59 Å². The summed E-state index contributed by atoms with van der Waals surface area (Å²) in [4.78, 5) is 22.9. The van der Waals surface area contributed by atoms with Gasteiger partial charge < -0.3 is 9.84 Å². The van der Waals surface area contributed by atoms with Gasteiger partial charge in [-0.1, -0.05) is 86.0 Å². The molecule has 2 unspecified atom stereocenters. The van der Waals surface area contributed by atoms with E-state index in [2.05, 4.69) is 34.6 Å². The molecule has 0 aliphatic carbocycles. The molecule has 0 saturated heterocycles. The summed E-state index contributed by atoms with van der Waals surface area (Å²) in [5.41, 5.74) is 0.326. The summed E-state index contributed by atoms with van der Waals surface area (Å²) in [5.74, 6) is -0.334. The van der Waals surface area contributed by atoms with Gasteiger partial charge in [-0.3, -0.25) is 9.59 Å². The van der Waals surface area contributed by atoms with Crippen molar-refractivity contribution in [1.29, 1.82) is 0 Å². The molecule has 0 fully saturated rings. The maximum atomic E-state index is 12.3. The molecule has 2 atom stereocenters. The van der Waals surface area contributed by atoms with Crippen LogP contribution in [-0.2, 0) is 14.3 Å². The van der Waals surface area contributed by atoms with Gasteiger partial charge in [-0.15, -0.1) is 0 Å². The fraction of sp³-hybridized carbons (Fsp3) is 0.926. The predicted octanol–water partition coefficient (Wildman–Crippen LogP) is 8.32. The first kappa shape index (κ1) is 29.9. The standard InChI is InChI=1S/C27H52O4/c1-6-7-8-9-10-11-12-13-14-17-24(21-20-23(2)22-27(3,4)5)31-26(30)19-16-15-18-25(28)29/h23-24H,6-22H2,1-5H3,(H,28,29). The van der Waals surface area contributed by atoms with Gasteiger partial charge in [0.05, 0.1) is 0 Å². The molecular weight excluding hydrogens is 388 g/mol. The van der Waals surface area contributed by atoms with E-state index >= 15 is 0 Å². The average Bonchev–Trinajstić information content (AvgIpc) is 2.66. The van der Waals surface area contributed by atoms with Gasteiger partial charge in [0.15, 0.2) is 0 Å². The van der Waals surface area contributed by atoms with Crippen molar-refractivity contribution in [3.05, 3.63) is 0 Å². The third-order valence-electron chi connectivity index (χ3n) is 5.89. The maximum absolute atomic E-state index is 12.3. The second-order valence-corrected chi connectivity index (χ2v) is 10.8. The van der Waals surface area contributed by atoms with Gasteiger partial charge in [0.25, 0.3) is 0 Å². The molecule has 184 valence electrons. The van der Waals surface area contributed by atoms with E-state index in [1.165, 1.54) is 57.8 Å². The van der Waals surface area contributed by atoms with Crippen molar-refractivity contribution in [2.45, 2.75) is 150 Å². The van der Waals surface area contributed by atoms with E-state index in [1.54, 1.807) is 0 Å². The summed E-state index contributed by atoms with van der Waals surface area (Å²) >= 11 is 0. The molecule has 0 aliphatic heterocycles. The minimum absolute atomic E-state index is 0.0129. The Labute approximate surface area is 192 Å². The Bertz CT molecular complexity index is 453. The first-order valence-corrected chi connectivity index (χ1v) is 13.0. The topological polar surface area (TPSA) is 63.6 Å². The molecule has 0 saturated carbocycles. The molecule has 0 aromatic rings. The molecule has 0 aromatic heterocycles. The lowest BCUT2D eigenvalue weighted by Gasteiger charge is -2.25. The van der Waals surface area contributed by atoms with Gasteiger partial charge in [0, 0.05) is 12.8 Å². The minimum atomic E-state index is -0.801. The molecule has 4 heteroatoms. The highest BCUT2D eigenvalue weighted by Gasteiger charge is 2.19. The van der Waals surface area contributed by atoms with Crippen LogP contribution >= 0.6 is 0 Å². The Hall–Kier alpha value is -1.06. The average molecular weight is 441 g/mol. The summed E-state index contributed by atoms with van der Waals surface area (Å²) in [6.07, 6.45) is 17.4. The van der Waals surface area contributed by atoms with E-state index in [4.69, 9.17) is 9.84 Å². The van der Waals surface area contributed by atoms with Gasteiger partial charge in [0.2, 0.25) is 0 Å². The molecule has 0 spiro atoms. The van der Waals surface area contributed by atoms with Crippen molar-refractivity contribution in [3.63, 3.8) is 0 Å². The Morgan fingerprint density at radius 1 is 0.774 bits per heavy atom. The fourth-order valence-corrected chi connectivity index (χ4v) is 4.35. The number of esters is 1. The number of carboxylic acid groups (broad SMARTS) is 1. The zero-order valence-corrected chi connectivity index (χ0v) is 21.3. The monoisotopic (exact) mass is 440 g/mol. The van der Waals surface area contributed by atoms with E-state index in [0.29, 0.717) is 30.6 Å². The number of hydrogen-bond donors (Lipinski definition) is 1. The minimum Gasteiger partial charge on any atom is -0.481 e. The molecule has 0 rings (SSSR count). The highest BCUT2D eigenvalue weighted by atomic mass is 16.5. The molecule has 0 aromatic carbocycles. The maximum Gasteiger partial charge on any atom is 0.306 e. The van der Waals surface area contributed by atoms with Gasteiger partial charge in [-0.2, -0.15) is 0 Å². The highest BCUT2D eigenvalue weighted by Crippen LogP contribution is 2.28. The molecule has 0 radical (unpaired) electrons. The third-order valence-corrected chi connectivity index (χ3v) is 5.89. The number of carboxylic acids is 1. The largest absolute Gasteiger partial charge is 0.481 e. The third kappa shape index (κ3) is 21.9. The van der Waals surface area contributed by atoms with Crippen LogP contribution in [0.1, 0.15) is 144 Å². The van der Waals surface area contributed by atoms with Crippen molar-refractivity contribution in [3.8, 4) is 0 Å². The second kappa shape index (κ2) is 18.5. The first-order valence-electron chi connectivity index (χ1n) is 13.0. The van der Waals surface area contributed by atoms with Crippen molar-refractivity contribution in [1.82, 2.24) is 0 Å². The highest BCUT2D eigenvalue weighted by molar-refractivity contribution is 5.70. The summed E-state index contributed by atoms with van der Waals surface area (Å²) < 4.78 is 5.82. The van der Waals surface area contributed by atoms with Crippen LogP contribution in [0.5, 0.6) is 0 Å². The predicted molar refractivity (Wildman–Crippen MR) is 130 cm³/mol. The number of unbranched alkanes of at least 4 members (excludes halogenated alkanes) is 9. The number of aliphatic carboxylic acids is 1. The van der Waals surface area contributed by atoms with Gasteiger partial charge in [-0.25, -0.2) is 0 Å². The van der Waals surface area contributed by atoms with Crippen LogP contribution in [0.2, 0.25) is 0 Å². The fourth-order valence-electron chi connectivity index (χ4n) is 4.35. The van der Waals surface area contributed by atoms with Crippen molar-refractivity contribution in [2.24, 2.45) is 11.3 Å². The van der Waals surface area contributed by atoms with Gasteiger partial charge in [0.1, 0.15) is 6.10 Å². The number of ether oxygens (including phenoxy) is 1. The molecule has 0 aliphatic rings. The van der Waals surface area contributed by atoms with Crippen molar-refractivity contribution >= 4 is 11.9 Å². The zero-order valence-electron chi connectivity index (χ0n) is 21.3. The van der Waals surface area contributed by atoms with E-state index < -0.39 is 5.97 Å². The van der Waals surface area contributed by atoms with Crippen molar-refractivity contribution in [2.75, 3.05) is 0 Å². The van der Waals surface area contributed by atoms with Gasteiger partial charge in [-0.05, 0) is 56.3 Å². The smallest absolute Gasteiger partial charge is 0.306 e. The van der Waals surface area contributed by atoms with Crippen LogP contribution in [0.3, 0.4) is 0 Å². The quantitative estimate of drug-likeness (QED) is 0.153. The molecule has 0 heterocycles. The normalized spacial score (nSPS) is 13.7. The first-order chi connectivity index (χ1) is 14.6. The van der Waals surface area contributed by atoms with Crippen LogP contribution in [0, 0.1) is 11.3 Å². The van der Waals surface area contributed by atoms with Crippen LogP contribution in [0.4, 0.5) is 0 Å². The lowest BCUT2D eigenvalue weighted by Crippen LogP contribution is -2.20. The Morgan fingerprint density at radius 2 is 1.32 bits per heavy atom. The van der Waals surface area contributed by atoms with E-state index in [0.717, 1.165) is 25.7 Å². The second-order valence-electron chi connectivity index (χ2n) is 10.8. The lowest BCUT2D eigenvalue weighted by molar-refractivity contribution is -0.150. The number of carbonyl (C=O) groups excluding carboxylic acids is 1. The number of carbonyl (C=O) groups is 2. The van der Waals surface area contributed by atoms with Crippen LogP contribution in [0.15, 0.2) is 0 Å². The van der Waals surface area contributed by atoms with Crippen molar-refractivity contribution < 1.29 is 19.4 Å². The SMILES string of the molecule is CCCCCCCCCCCC(CCC(C)CC(C)(C)C)OC(=O)CCCCC(=O)O. The Balaban J connectivity index is 4.26. The number of rotatable bonds is 20. The summed E-state index contributed by atoms with van der Waals surface area (Å²) in [6.45, 7) is 11.4. The Morgan fingerprint density at radius 3 is 1.87 bits per heavy atom. The molecule has 0 amide bonds. The van der Waals surface area contributed by atoms with Crippen LogP contribution < -0.4 is 0 Å². The lowest BCUT2D eigenvalue weighted by atomic mass is 9.83. The summed E-state index contributed by atoms with van der Waals surface area (Å²) in [5, 5.41) is 8.72. The van der Waals surface area contributed by atoms with Gasteiger partial charge >= 0.3 is 11.9 Å². The van der Waals surface area contributed by atoms with E-state index in [-0.39, 0.29) is 18.5 Å². The van der Waals surface area contributed by atoms with Crippen LogP contribution in [-0.4, -0.2) is 23.1 Å². The molecule has 0 bridgehead atoms. The number of hydrogen-bond acceptors (Lipinski definition) is 3.